The molecule has 8 nitrogen and oxygen atoms in total. The van der Waals surface area contributed by atoms with Gasteiger partial charge in [-0.15, -0.1) is 0 Å². The normalized spacial score (nSPS) is 17.2. The average molecular weight is 542 g/mol. The number of amides is 1. The summed E-state index contributed by atoms with van der Waals surface area (Å²) in [6.07, 6.45) is 1.76. The second-order valence-corrected chi connectivity index (χ2v) is 10.4. The zero-order chi connectivity index (χ0) is 26.7. The second-order valence-electron chi connectivity index (χ2n) is 8.68. The number of hydrogen-bond acceptors (Lipinski definition) is 8. The van der Waals surface area contributed by atoms with Crippen LogP contribution in [0.2, 0.25) is 0 Å². The van der Waals surface area contributed by atoms with Gasteiger partial charge in [0.1, 0.15) is 27.6 Å². The highest BCUT2D eigenvalue weighted by atomic mass is 32.2. The molecule has 0 radical (unpaired) electrons. The molecule has 194 valence electrons. The summed E-state index contributed by atoms with van der Waals surface area (Å²) in [6.45, 7) is 7.25. The lowest BCUT2D eigenvalue weighted by atomic mass is 10.0. The first-order valence-corrected chi connectivity index (χ1v) is 13.2. The lowest BCUT2D eigenvalue weighted by molar-refractivity contribution is -0.122. The summed E-state index contributed by atoms with van der Waals surface area (Å²) in [7, 11) is 1.57. The molecule has 1 amide bonds. The number of rotatable bonds is 7. The Bertz CT molecular complexity index is 1340. The van der Waals surface area contributed by atoms with Crippen LogP contribution in [0, 0.1) is 24.1 Å². The molecule has 2 fully saturated rings. The summed E-state index contributed by atoms with van der Waals surface area (Å²) >= 11 is 6.63. The number of carbonyl (C=O) groups excluding carboxylic acids is 1. The van der Waals surface area contributed by atoms with Crippen LogP contribution in [-0.2, 0) is 16.1 Å². The summed E-state index contributed by atoms with van der Waals surface area (Å²) in [4.78, 5) is 32.6. The van der Waals surface area contributed by atoms with Crippen LogP contribution in [0.25, 0.3) is 6.08 Å². The van der Waals surface area contributed by atoms with Crippen molar-refractivity contribution in [1.82, 2.24) is 9.47 Å². The molecule has 1 aromatic carbocycles. The summed E-state index contributed by atoms with van der Waals surface area (Å²) in [5, 5.41) is 9.77. The van der Waals surface area contributed by atoms with Gasteiger partial charge in [0.05, 0.1) is 18.1 Å². The van der Waals surface area contributed by atoms with Gasteiger partial charge in [-0.25, -0.2) is 4.39 Å². The number of aromatic nitrogens is 1. The third-order valence-corrected chi connectivity index (χ3v) is 7.98. The van der Waals surface area contributed by atoms with Gasteiger partial charge in [0, 0.05) is 51.1 Å². The largest absolute Gasteiger partial charge is 0.383 e. The summed E-state index contributed by atoms with van der Waals surface area (Å²) in [5.74, 6) is 0.191. The van der Waals surface area contributed by atoms with E-state index < -0.39 is 0 Å². The van der Waals surface area contributed by atoms with Gasteiger partial charge >= 0.3 is 0 Å². The summed E-state index contributed by atoms with van der Waals surface area (Å²) in [5.41, 5.74) is 1.86. The zero-order valence-corrected chi connectivity index (χ0v) is 22.6. The molecule has 1 aromatic heterocycles. The van der Waals surface area contributed by atoms with E-state index in [1.165, 1.54) is 28.8 Å². The molecule has 3 heterocycles. The Morgan fingerprint density at radius 2 is 1.81 bits per heavy atom. The monoisotopic (exact) mass is 541 g/mol. The first kappa shape index (κ1) is 26.9. The Morgan fingerprint density at radius 3 is 2.41 bits per heavy atom. The topological polar surface area (TPSA) is 81.8 Å². The van der Waals surface area contributed by atoms with E-state index in [0.29, 0.717) is 72.0 Å². The van der Waals surface area contributed by atoms with E-state index in [4.69, 9.17) is 17.0 Å². The predicted molar refractivity (Wildman–Crippen MR) is 148 cm³/mol. The van der Waals surface area contributed by atoms with Gasteiger partial charge in [0.15, 0.2) is 0 Å². The van der Waals surface area contributed by atoms with Gasteiger partial charge in [0.2, 0.25) is 0 Å². The molecule has 0 atom stereocenters. The van der Waals surface area contributed by atoms with Crippen LogP contribution in [0.5, 0.6) is 0 Å². The van der Waals surface area contributed by atoms with Crippen molar-refractivity contribution in [1.29, 1.82) is 5.26 Å². The number of thiocarbonyl (C=S) groups is 1. The Labute approximate surface area is 224 Å². The second kappa shape index (κ2) is 11.5. The van der Waals surface area contributed by atoms with Crippen molar-refractivity contribution < 1.29 is 13.9 Å². The molecule has 11 heteroatoms. The number of ether oxygens (including phenoxy) is 1. The molecule has 0 bridgehead atoms. The third-order valence-electron chi connectivity index (χ3n) is 6.60. The van der Waals surface area contributed by atoms with Crippen molar-refractivity contribution >= 4 is 51.8 Å². The number of thioether (sulfide) groups is 1. The van der Waals surface area contributed by atoms with Gasteiger partial charge in [-0.05, 0) is 49.8 Å². The number of methoxy groups -OCH3 is 1. The maximum Gasteiger partial charge on any atom is 0.270 e. The third kappa shape index (κ3) is 5.28. The molecule has 2 saturated heterocycles. The van der Waals surface area contributed by atoms with Crippen LogP contribution in [0.3, 0.4) is 0 Å². The molecule has 37 heavy (non-hydrogen) atoms. The molecular weight excluding hydrogens is 513 g/mol. The van der Waals surface area contributed by atoms with Gasteiger partial charge in [0.25, 0.3) is 11.5 Å². The number of hydrogen-bond donors (Lipinski definition) is 0. The number of anilines is 2. The van der Waals surface area contributed by atoms with E-state index in [1.54, 1.807) is 36.8 Å². The fourth-order valence-corrected chi connectivity index (χ4v) is 5.90. The molecule has 2 aliphatic rings. The van der Waals surface area contributed by atoms with Crippen LogP contribution in [0.4, 0.5) is 15.9 Å². The number of pyridine rings is 1. The summed E-state index contributed by atoms with van der Waals surface area (Å²) < 4.78 is 20.5. The van der Waals surface area contributed by atoms with E-state index in [9.17, 15) is 19.2 Å². The molecule has 4 rings (SSSR count). The molecular formula is C26H28FN5O3S2. The van der Waals surface area contributed by atoms with E-state index in [1.807, 2.05) is 6.92 Å². The lowest BCUT2D eigenvalue weighted by Crippen LogP contribution is -2.48. The van der Waals surface area contributed by atoms with Gasteiger partial charge in [-0.2, -0.15) is 5.26 Å². The number of halogens is 1. The van der Waals surface area contributed by atoms with Crippen molar-refractivity contribution in [3.63, 3.8) is 0 Å². The first-order chi connectivity index (χ1) is 17.8. The van der Waals surface area contributed by atoms with Gasteiger partial charge in [-0.1, -0.05) is 24.0 Å². The molecule has 0 saturated carbocycles. The van der Waals surface area contributed by atoms with Gasteiger partial charge in [-0.3, -0.25) is 19.1 Å². The minimum absolute atomic E-state index is 0.0664. The Balaban J connectivity index is 1.74. The van der Waals surface area contributed by atoms with Crippen LogP contribution in [-0.4, -0.2) is 66.1 Å². The minimum atomic E-state index is -0.344. The van der Waals surface area contributed by atoms with E-state index in [2.05, 4.69) is 15.9 Å². The first-order valence-electron chi connectivity index (χ1n) is 12.0. The maximum absolute atomic E-state index is 13.4. The standard InChI is InChI=1S/C26H28FN5O3S2/c1-4-31-23(30-11-9-29(10-12-30)19-7-5-18(27)6-8-19)20(17(2)21(16-28)24(31)33)15-22-25(34)32(13-14-35-3)26(36)37-22/h5-8,15H,4,9-14H2,1-3H3/b22-15+. The molecule has 2 aliphatic heterocycles. The Hall–Kier alpha value is -3.20. The quantitative estimate of drug-likeness (QED) is 0.390. The maximum atomic E-state index is 13.4. The lowest BCUT2D eigenvalue weighted by Gasteiger charge is -2.39. The SMILES string of the molecule is CCn1c(N2CCN(c3ccc(F)cc3)CC2)c(/C=C2/SC(=S)N(CCOC)C2=O)c(C)c(C#N)c1=O. The fraction of sp³-hybridized carbons (Fsp3) is 0.385. The number of carbonyl (C=O) groups is 1. The van der Waals surface area contributed by atoms with Crippen molar-refractivity contribution in [2.24, 2.45) is 0 Å². The minimum Gasteiger partial charge on any atom is -0.383 e. The van der Waals surface area contributed by atoms with Crippen molar-refractivity contribution in [2.45, 2.75) is 20.4 Å². The number of piperazine rings is 1. The van der Waals surface area contributed by atoms with E-state index in [0.717, 1.165) is 5.69 Å². The van der Waals surface area contributed by atoms with E-state index >= 15 is 0 Å². The van der Waals surface area contributed by atoms with Crippen LogP contribution >= 0.6 is 24.0 Å². The van der Waals surface area contributed by atoms with Gasteiger partial charge < -0.3 is 14.5 Å². The van der Waals surface area contributed by atoms with Crippen LogP contribution in [0.1, 0.15) is 23.6 Å². The molecule has 2 aromatic rings. The Morgan fingerprint density at radius 1 is 1.16 bits per heavy atom. The van der Waals surface area contributed by atoms with Crippen LogP contribution < -0.4 is 15.4 Å². The highest BCUT2D eigenvalue weighted by Crippen LogP contribution is 2.36. The highest BCUT2D eigenvalue weighted by Gasteiger charge is 2.33. The summed E-state index contributed by atoms with van der Waals surface area (Å²) in [6, 6.07) is 8.47. The highest BCUT2D eigenvalue weighted by molar-refractivity contribution is 8.26. The van der Waals surface area contributed by atoms with Crippen molar-refractivity contribution in [3.8, 4) is 6.07 Å². The smallest absolute Gasteiger partial charge is 0.270 e. The average Bonchev–Trinajstić information content (AvgIpc) is 3.16. The van der Waals surface area contributed by atoms with Crippen molar-refractivity contribution in [3.05, 3.63) is 62.0 Å². The molecule has 0 unspecified atom stereocenters. The molecule has 0 aliphatic carbocycles. The number of nitrogens with zero attached hydrogens (tertiary/aromatic N) is 5. The predicted octanol–water partition coefficient (Wildman–Crippen LogP) is 3.36. The molecule has 0 N–H and O–H groups in total. The van der Waals surface area contributed by atoms with Crippen molar-refractivity contribution in [2.75, 3.05) is 56.2 Å². The van der Waals surface area contributed by atoms with Crippen LogP contribution in [0.15, 0.2) is 34.0 Å². The zero-order valence-electron chi connectivity index (χ0n) is 21.0. The van der Waals surface area contributed by atoms with E-state index in [-0.39, 0.29) is 22.8 Å². The number of benzene rings is 1. The fourth-order valence-electron chi connectivity index (χ4n) is 4.61. The Kier molecular flexibility index (Phi) is 8.32. The number of nitriles is 1. The molecule has 0 spiro atoms.